The number of aliphatic imine (C=N–C) groups is 1. The van der Waals surface area contributed by atoms with Crippen molar-refractivity contribution in [1.29, 1.82) is 0 Å². The van der Waals surface area contributed by atoms with Crippen LogP contribution in [-0.2, 0) is 11.3 Å². The van der Waals surface area contributed by atoms with Crippen molar-refractivity contribution in [2.45, 2.75) is 12.5 Å². The topological polar surface area (TPSA) is 80.4 Å². The van der Waals surface area contributed by atoms with Crippen LogP contribution in [0, 0.1) is 0 Å². The summed E-state index contributed by atoms with van der Waals surface area (Å²) < 4.78 is 0. The number of primary amides is 1. The maximum Gasteiger partial charge on any atom is 0.231 e. The van der Waals surface area contributed by atoms with Crippen molar-refractivity contribution < 1.29 is 4.79 Å². The second-order valence-electron chi connectivity index (χ2n) is 4.63. The molecule has 2 heterocycles. The summed E-state index contributed by atoms with van der Waals surface area (Å²) in [6, 6.07) is 11.3. The second-order valence-corrected chi connectivity index (χ2v) is 4.63. The molecule has 3 rings (SSSR count). The van der Waals surface area contributed by atoms with Gasteiger partial charge >= 0.3 is 0 Å². The standard InChI is InChI=1S/C15H14N4O/c16-15(20)14(10-4-2-1-3-5-10)13-6-12-11(8-18-13)7-17-9-19-12/h1-6,8-9,14H,7H2,(H2,16,20)(H,17,19). The van der Waals surface area contributed by atoms with Crippen molar-refractivity contribution >= 4 is 17.9 Å². The Labute approximate surface area is 116 Å². The highest BCUT2D eigenvalue weighted by Gasteiger charge is 2.22. The Hall–Kier alpha value is -2.69. The third-order valence-corrected chi connectivity index (χ3v) is 3.29. The average molecular weight is 266 g/mol. The number of amides is 1. The van der Waals surface area contributed by atoms with Crippen molar-refractivity contribution in [3.05, 3.63) is 59.4 Å². The number of nitrogens with one attached hydrogen (secondary N) is 1. The number of hydrogen-bond acceptors (Lipinski definition) is 4. The number of hydrogen-bond donors (Lipinski definition) is 2. The lowest BCUT2D eigenvalue weighted by atomic mass is 9.94. The number of aromatic nitrogens is 1. The summed E-state index contributed by atoms with van der Waals surface area (Å²) in [4.78, 5) is 20.3. The average Bonchev–Trinajstić information content (AvgIpc) is 2.48. The van der Waals surface area contributed by atoms with Crippen LogP contribution in [0.2, 0.25) is 0 Å². The van der Waals surface area contributed by atoms with Gasteiger partial charge in [0.15, 0.2) is 0 Å². The van der Waals surface area contributed by atoms with E-state index in [1.165, 1.54) is 0 Å². The van der Waals surface area contributed by atoms with Crippen LogP contribution in [0.5, 0.6) is 0 Å². The van der Waals surface area contributed by atoms with Crippen molar-refractivity contribution in [2.24, 2.45) is 10.7 Å². The van der Waals surface area contributed by atoms with Crippen molar-refractivity contribution in [1.82, 2.24) is 4.98 Å². The fourth-order valence-electron chi connectivity index (χ4n) is 2.30. The van der Waals surface area contributed by atoms with Crippen LogP contribution >= 0.6 is 0 Å². The predicted octanol–water partition coefficient (Wildman–Crippen LogP) is 1.65. The van der Waals surface area contributed by atoms with Crippen molar-refractivity contribution in [3.8, 4) is 0 Å². The molecule has 100 valence electrons. The molecule has 1 amide bonds. The Morgan fingerprint density at radius 3 is 2.85 bits per heavy atom. The molecule has 0 radical (unpaired) electrons. The monoisotopic (exact) mass is 266 g/mol. The van der Waals surface area contributed by atoms with E-state index in [0.29, 0.717) is 12.2 Å². The Kier molecular flexibility index (Phi) is 3.16. The first kappa shape index (κ1) is 12.3. The lowest BCUT2D eigenvalue weighted by Gasteiger charge is -2.17. The van der Waals surface area contributed by atoms with Crippen molar-refractivity contribution in [2.75, 3.05) is 5.32 Å². The van der Waals surface area contributed by atoms with E-state index in [1.54, 1.807) is 12.5 Å². The molecule has 0 spiro atoms. The van der Waals surface area contributed by atoms with Gasteiger partial charge < -0.3 is 11.1 Å². The molecule has 2 aromatic rings. The van der Waals surface area contributed by atoms with Gasteiger partial charge in [0.2, 0.25) is 5.91 Å². The molecule has 1 atom stereocenters. The fourth-order valence-corrected chi connectivity index (χ4v) is 2.30. The summed E-state index contributed by atoms with van der Waals surface area (Å²) in [6.45, 7) is 0.599. The predicted molar refractivity (Wildman–Crippen MR) is 77.5 cm³/mol. The first-order valence-corrected chi connectivity index (χ1v) is 6.33. The van der Waals surface area contributed by atoms with E-state index in [0.717, 1.165) is 16.8 Å². The van der Waals surface area contributed by atoms with E-state index in [-0.39, 0.29) is 0 Å². The van der Waals surface area contributed by atoms with Gasteiger partial charge in [-0.1, -0.05) is 30.3 Å². The molecule has 0 fully saturated rings. The molecule has 0 bridgehead atoms. The lowest BCUT2D eigenvalue weighted by Crippen LogP contribution is -2.23. The molecule has 3 N–H and O–H groups in total. The molecular formula is C15H14N4O. The van der Waals surface area contributed by atoms with Gasteiger partial charge in [0.1, 0.15) is 5.92 Å². The molecule has 1 aliphatic heterocycles. The van der Waals surface area contributed by atoms with E-state index in [9.17, 15) is 4.79 Å². The zero-order chi connectivity index (χ0) is 13.9. The maximum absolute atomic E-state index is 11.8. The number of nitrogens with two attached hydrogens (primary N) is 1. The molecular weight excluding hydrogens is 252 g/mol. The van der Waals surface area contributed by atoms with Gasteiger partial charge in [-0.2, -0.15) is 0 Å². The van der Waals surface area contributed by atoms with Gasteiger partial charge in [-0.05, 0) is 11.6 Å². The molecule has 5 heteroatoms. The van der Waals surface area contributed by atoms with Crippen LogP contribution in [0.4, 0.5) is 5.69 Å². The molecule has 1 aromatic heterocycles. The zero-order valence-corrected chi connectivity index (χ0v) is 10.8. The van der Waals surface area contributed by atoms with Crippen LogP contribution < -0.4 is 11.1 Å². The fraction of sp³-hybridized carbons (Fsp3) is 0.133. The number of pyridine rings is 1. The minimum atomic E-state index is -0.540. The van der Waals surface area contributed by atoms with Crippen LogP contribution in [0.1, 0.15) is 22.7 Å². The molecule has 5 nitrogen and oxygen atoms in total. The molecule has 1 aromatic carbocycles. The Morgan fingerprint density at radius 2 is 2.10 bits per heavy atom. The van der Waals surface area contributed by atoms with E-state index in [2.05, 4.69) is 15.3 Å². The second kappa shape index (κ2) is 5.13. The summed E-state index contributed by atoms with van der Waals surface area (Å²) in [6.07, 6.45) is 3.39. The number of fused-ring (bicyclic) bond motifs is 1. The minimum absolute atomic E-state index is 0.409. The molecule has 0 saturated heterocycles. The first-order chi connectivity index (χ1) is 9.75. The number of anilines is 1. The largest absolute Gasteiger partial charge is 0.369 e. The van der Waals surface area contributed by atoms with Crippen LogP contribution in [0.3, 0.4) is 0 Å². The number of carbonyl (C=O) groups excluding carboxylic acids is 1. The Morgan fingerprint density at radius 1 is 1.30 bits per heavy atom. The highest BCUT2D eigenvalue weighted by Crippen LogP contribution is 2.27. The van der Waals surface area contributed by atoms with E-state index in [4.69, 9.17) is 5.73 Å². The highest BCUT2D eigenvalue weighted by atomic mass is 16.1. The Balaban J connectivity index is 2.03. The third-order valence-electron chi connectivity index (χ3n) is 3.29. The van der Waals surface area contributed by atoms with Gasteiger partial charge in [0.25, 0.3) is 0 Å². The normalized spacial score (nSPS) is 14.2. The summed E-state index contributed by atoms with van der Waals surface area (Å²) >= 11 is 0. The SMILES string of the molecule is NC(=O)C(c1ccccc1)c1cc2c(cn1)CN=CN2. The van der Waals surface area contributed by atoms with Crippen molar-refractivity contribution in [3.63, 3.8) is 0 Å². The van der Waals surface area contributed by atoms with Crippen LogP contribution in [0.25, 0.3) is 0 Å². The quantitative estimate of drug-likeness (QED) is 0.886. The van der Waals surface area contributed by atoms with Gasteiger partial charge in [-0.15, -0.1) is 0 Å². The molecule has 20 heavy (non-hydrogen) atoms. The summed E-state index contributed by atoms with van der Waals surface area (Å²) in [5, 5.41) is 3.06. The number of nitrogens with zero attached hydrogens (tertiary/aromatic N) is 2. The number of carbonyl (C=O) groups is 1. The minimum Gasteiger partial charge on any atom is -0.369 e. The third kappa shape index (κ3) is 2.25. The van der Waals surface area contributed by atoms with Gasteiger partial charge in [-0.25, -0.2) is 0 Å². The number of rotatable bonds is 3. The molecule has 0 saturated carbocycles. The Bertz CT molecular complexity index is 667. The molecule has 1 unspecified atom stereocenters. The summed E-state index contributed by atoms with van der Waals surface area (Å²) in [7, 11) is 0. The van der Waals surface area contributed by atoms with Crippen LogP contribution in [-0.4, -0.2) is 17.2 Å². The lowest BCUT2D eigenvalue weighted by molar-refractivity contribution is -0.118. The zero-order valence-electron chi connectivity index (χ0n) is 10.8. The maximum atomic E-state index is 11.8. The summed E-state index contributed by atoms with van der Waals surface area (Å²) in [5.74, 6) is -0.949. The first-order valence-electron chi connectivity index (χ1n) is 6.33. The summed E-state index contributed by atoms with van der Waals surface area (Å²) in [5.41, 5.74) is 8.97. The molecule has 0 aliphatic carbocycles. The van der Waals surface area contributed by atoms with Gasteiger partial charge in [0.05, 0.1) is 18.6 Å². The smallest absolute Gasteiger partial charge is 0.231 e. The van der Waals surface area contributed by atoms with Gasteiger partial charge in [0, 0.05) is 17.4 Å². The highest BCUT2D eigenvalue weighted by molar-refractivity contribution is 5.86. The molecule has 1 aliphatic rings. The van der Waals surface area contributed by atoms with E-state index >= 15 is 0 Å². The van der Waals surface area contributed by atoms with Crippen LogP contribution in [0.15, 0.2) is 47.6 Å². The number of benzene rings is 1. The van der Waals surface area contributed by atoms with E-state index < -0.39 is 11.8 Å². The van der Waals surface area contributed by atoms with Gasteiger partial charge in [-0.3, -0.25) is 14.8 Å². The van der Waals surface area contributed by atoms with E-state index in [1.807, 2.05) is 36.4 Å².